The van der Waals surface area contributed by atoms with Crippen molar-refractivity contribution in [3.63, 3.8) is 0 Å². The first-order chi connectivity index (χ1) is 10.1. The number of carbonyl (C=O) groups is 1. The Kier molecular flexibility index (Phi) is 6.24. The summed E-state index contributed by atoms with van der Waals surface area (Å²) in [6, 6.07) is 2.44. The number of nitrogens with zero attached hydrogens (tertiary/aromatic N) is 1. The minimum atomic E-state index is 0.304. The average molecular weight is 309 g/mol. The molecular weight excluding hydrogens is 282 g/mol. The molecular formula is C17H27NO2S. The molecule has 1 aromatic heterocycles. The lowest BCUT2D eigenvalue weighted by molar-refractivity contribution is -0.135. The second-order valence-electron chi connectivity index (χ2n) is 6.07. The van der Waals surface area contributed by atoms with Crippen LogP contribution < -0.4 is 0 Å². The summed E-state index contributed by atoms with van der Waals surface area (Å²) in [5.41, 5.74) is 1.30. The highest BCUT2D eigenvalue weighted by Crippen LogP contribution is 2.24. The maximum atomic E-state index is 12.7. The molecule has 1 aromatic rings. The number of thiophene rings is 1. The summed E-state index contributed by atoms with van der Waals surface area (Å²) < 4.78 is 5.39. The number of ether oxygens (including phenoxy) is 1. The van der Waals surface area contributed by atoms with Crippen LogP contribution in [0.5, 0.6) is 0 Å². The van der Waals surface area contributed by atoms with Gasteiger partial charge in [-0.05, 0) is 56.0 Å². The van der Waals surface area contributed by atoms with E-state index in [0.29, 0.717) is 24.3 Å². The van der Waals surface area contributed by atoms with Crippen LogP contribution in [0.4, 0.5) is 0 Å². The Morgan fingerprint density at radius 3 is 2.76 bits per heavy atom. The van der Waals surface area contributed by atoms with Gasteiger partial charge >= 0.3 is 0 Å². The van der Waals surface area contributed by atoms with E-state index in [-0.39, 0.29) is 0 Å². The standard InChI is InChI=1S/C17H27NO2S/c1-4-14(3)18(12-16-13(2)7-10-21-16)17(19)11-15-5-8-20-9-6-15/h7,10,14-15H,4-6,8-9,11-12H2,1-3H3/t14-/m0/s1. The van der Waals surface area contributed by atoms with Gasteiger partial charge in [-0.25, -0.2) is 0 Å². The zero-order valence-electron chi connectivity index (χ0n) is 13.4. The van der Waals surface area contributed by atoms with E-state index in [4.69, 9.17) is 4.74 Å². The van der Waals surface area contributed by atoms with Crippen molar-refractivity contribution in [2.45, 2.75) is 59.0 Å². The molecule has 2 rings (SSSR count). The van der Waals surface area contributed by atoms with Crippen molar-refractivity contribution in [1.82, 2.24) is 4.90 Å². The van der Waals surface area contributed by atoms with Crippen molar-refractivity contribution < 1.29 is 9.53 Å². The maximum Gasteiger partial charge on any atom is 0.223 e. The number of hydrogen-bond donors (Lipinski definition) is 0. The van der Waals surface area contributed by atoms with Crippen LogP contribution in [0.25, 0.3) is 0 Å². The molecule has 0 radical (unpaired) electrons. The second-order valence-corrected chi connectivity index (χ2v) is 7.07. The first-order valence-electron chi connectivity index (χ1n) is 8.02. The summed E-state index contributed by atoms with van der Waals surface area (Å²) in [7, 11) is 0. The molecule has 0 aromatic carbocycles. The zero-order valence-corrected chi connectivity index (χ0v) is 14.2. The molecule has 1 amide bonds. The Balaban J connectivity index is 2.00. The van der Waals surface area contributed by atoms with Crippen LogP contribution in [0.15, 0.2) is 11.4 Å². The molecule has 1 atom stereocenters. The van der Waals surface area contributed by atoms with E-state index in [1.165, 1.54) is 10.4 Å². The van der Waals surface area contributed by atoms with Gasteiger partial charge in [-0.15, -0.1) is 11.3 Å². The monoisotopic (exact) mass is 309 g/mol. The highest BCUT2D eigenvalue weighted by molar-refractivity contribution is 7.10. The predicted molar refractivity (Wildman–Crippen MR) is 87.5 cm³/mol. The zero-order chi connectivity index (χ0) is 15.2. The highest BCUT2D eigenvalue weighted by Gasteiger charge is 2.24. The van der Waals surface area contributed by atoms with Crippen molar-refractivity contribution in [2.75, 3.05) is 13.2 Å². The van der Waals surface area contributed by atoms with Gasteiger partial charge in [0.15, 0.2) is 0 Å². The lowest BCUT2D eigenvalue weighted by Crippen LogP contribution is -2.39. The van der Waals surface area contributed by atoms with Crippen LogP contribution >= 0.6 is 11.3 Å². The van der Waals surface area contributed by atoms with E-state index in [0.717, 1.165) is 39.0 Å². The number of rotatable bonds is 6. The van der Waals surface area contributed by atoms with Gasteiger partial charge in [0.2, 0.25) is 5.91 Å². The average Bonchev–Trinajstić information content (AvgIpc) is 2.90. The molecule has 0 bridgehead atoms. The van der Waals surface area contributed by atoms with Crippen molar-refractivity contribution in [3.05, 3.63) is 21.9 Å². The molecule has 1 aliphatic heterocycles. The quantitative estimate of drug-likeness (QED) is 0.795. The third-order valence-electron chi connectivity index (χ3n) is 4.53. The third kappa shape index (κ3) is 4.55. The SMILES string of the molecule is CC[C@H](C)N(Cc1sccc1C)C(=O)CC1CCOCC1. The minimum absolute atomic E-state index is 0.304. The maximum absolute atomic E-state index is 12.7. The predicted octanol–water partition coefficient (Wildman–Crippen LogP) is 4.00. The lowest BCUT2D eigenvalue weighted by Gasteiger charge is -2.31. The van der Waals surface area contributed by atoms with Crippen LogP contribution in [-0.2, 0) is 16.1 Å². The fourth-order valence-corrected chi connectivity index (χ4v) is 3.65. The molecule has 0 aliphatic carbocycles. The normalized spacial score (nSPS) is 17.7. The molecule has 4 heteroatoms. The van der Waals surface area contributed by atoms with Gasteiger partial charge in [-0.1, -0.05) is 6.92 Å². The van der Waals surface area contributed by atoms with Crippen LogP contribution in [-0.4, -0.2) is 30.1 Å². The summed E-state index contributed by atoms with van der Waals surface area (Å²) in [5, 5.41) is 2.11. The molecule has 0 spiro atoms. The van der Waals surface area contributed by atoms with Gasteiger partial charge in [-0.2, -0.15) is 0 Å². The van der Waals surface area contributed by atoms with Gasteiger partial charge in [0.25, 0.3) is 0 Å². The van der Waals surface area contributed by atoms with Crippen LogP contribution in [0.2, 0.25) is 0 Å². The van der Waals surface area contributed by atoms with Gasteiger partial charge in [0.05, 0.1) is 6.54 Å². The van der Waals surface area contributed by atoms with E-state index in [1.807, 2.05) is 0 Å². The molecule has 2 heterocycles. The molecule has 0 saturated carbocycles. The fraction of sp³-hybridized carbons (Fsp3) is 0.706. The Morgan fingerprint density at radius 2 is 2.19 bits per heavy atom. The molecule has 0 N–H and O–H groups in total. The smallest absolute Gasteiger partial charge is 0.223 e. The van der Waals surface area contributed by atoms with Crippen molar-refractivity contribution in [2.24, 2.45) is 5.92 Å². The van der Waals surface area contributed by atoms with Gasteiger partial charge in [0.1, 0.15) is 0 Å². The first-order valence-corrected chi connectivity index (χ1v) is 8.90. The van der Waals surface area contributed by atoms with Crippen LogP contribution in [0, 0.1) is 12.8 Å². The molecule has 1 fully saturated rings. The van der Waals surface area contributed by atoms with Crippen LogP contribution in [0.3, 0.4) is 0 Å². The van der Waals surface area contributed by atoms with Gasteiger partial charge < -0.3 is 9.64 Å². The molecule has 3 nitrogen and oxygen atoms in total. The summed E-state index contributed by atoms with van der Waals surface area (Å²) >= 11 is 1.76. The fourth-order valence-electron chi connectivity index (χ4n) is 2.75. The number of carbonyl (C=O) groups excluding carboxylic acids is 1. The Labute approximate surface area is 132 Å². The van der Waals surface area contributed by atoms with Gasteiger partial charge in [0, 0.05) is 30.6 Å². The second kappa shape index (κ2) is 7.95. The molecule has 0 unspecified atom stereocenters. The van der Waals surface area contributed by atoms with Crippen molar-refractivity contribution >= 4 is 17.2 Å². The Hall–Kier alpha value is -0.870. The molecule has 1 saturated heterocycles. The van der Waals surface area contributed by atoms with E-state index in [9.17, 15) is 4.79 Å². The number of hydrogen-bond acceptors (Lipinski definition) is 3. The molecule has 21 heavy (non-hydrogen) atoms. The summed E-state index contributed by atoms with van der Waals surface area (Å²) in [4.78, 5) is 16.1. The van der Waals surface area contributed by atoms with E-state index < -0.39 is 0 Å². The van der Waals surface area contributed by atoms with Gasteiger partial charge in [-0.3, -0.25) is 4.79 Å². The lowest BCUT2D eigenvalue weighted by atomic mass is 9.95. The van der Waals surface area contributed by atoms with E-state index in [2.05, 4.69) is 37.1 Å². The number of amides is 1. The summed E-state index contributed by atoms with van der Waals surface area (Å²) in [6.45, 7) is 8.83. The topological polar surface area (TPSA) is 29.5 Å². The first kappa shape index (κ1) is 16.5. The van der Waals surface area contributed by atoms with E-state index >= 15 is 0 Å². The largest absolute Gasteiger partial charge is 0.381 e. The highest BCUT2D eigenvalue weighted by atomic mass is 32.1. The van der Waals surface area contributed by atoms with E-state index in [1.54, 1.807) is 11.3 Å². The van der Waals surface area contributed by atoms with Crippen molar-refractivity contribution in [1.29, 1.82) is 0 Å². The molecule has 118 valence electrons. The third-order valence-corrected chi connectivity index (χ3v) is 5.54. The van der Waals surface area contributed by atoms with Crippen molar-refractivity contribution in [3.8, 4) is 0 Å². The Morgan fingerprint density at radius 1 is 1.48 bits per heavy atom. The van der Waals surface area contributed by atoms with Crippen LogP contribution in [0.1, 0.15) is 50.0 Å². The Bertz CT molecular complexity index is 451. The summed E-state index contributed by atoms with van der Waals surface area (Å²) in [5.74, 6) is 0.811. The molecule has 1 aliphatic rings. The minimum Gasteiger partial charge on any atom is -0.381 e. The summed E-state index contributed by atoms with van der Waals surface area (Å²) in [6.07, 6.45) is 3.73. The number of aryl methyl sites for hydroxylation is 1.